The number of rotatable bonds is 10. The fourth-order valence-electron chi connectivity index (χ4n) is 13.7. The van der Waals surface area contributed by atoms with E-state index in [2.05, 4.69) is 74.6 Å². The predicted molar refractivity (Wildman–Crippen MR) is 396 cm³/mol. The van der Waals surface area contributed by atoms with Gasteiger partial charge in [0.05, 0.1) is 126 Å². The first-order valence-corrected chi connectivity index (χ1v) is 31.5. The number of hydrogen-bond donors (Lipinski definition) is 0. The van der Waals surface area contributed by atoms with Gasteiger partial charge in [-0.3, -0.25) is 4.98 Å². The van der Waals surface area contributed by atoms with Crippen molar-refractivity contribution < 1.29 is 0 Å². The molecule has 0 unspecified atom stereocenters. The normalized spacial score (nSPS) is 10.6. The monoisotopic (exact) mass is 1320 g/mol. The molecule has 0 amide bonds. The van der Waals surface area contributed by atoms with Gasteiger partial charge < -0.3 is 9.13 Å². The summed E-state index contributed by atoms with van der Waals surface area (Å²) in [5, 5.41) is 65.1. The Labute approximate surface area is 593 Å². The van der Waals surface area contributed by atoms with Gasteiger partial charge in [-0.25, -0.2) is 44.0 Å². The minimum absolute atomic E-state index is 0.0843. The van der Waals surface area contributed by atoms with Crippen LogP contribution in [0.1, 0.15) is 33.4 Å². The largest absolute Gasteiger partial charge is 0.309 e. The Bertz CT molecular complexity index is 6390. The van der Waals surface area contributed by atoms with Crippen LogP contribution >= 0.6 is 0 Å². The number of nitriles is 6. The third-order valence-corrected chi connectivity index (χ3v) is 18.1. The van der Waals surface area contributed by atoms with Gasteiger partial charge in [0, 0.05) is 95.1 Å². The van der Waals surface area contributed by atoms with Crippen molar-refractivity contribution in [3.8, 4) is 138 Å². The summed E-state index contributed by atoms with van der Waals surface area (Å²) in [6.07, 6.45) is 3.42. The minimum Gasteiger partial charge on any atom is -0.309 e. The van der Waals surface area contributed by atoms with Crippen molar-refractivity contribution in [2.75, 3.05) is 0 Å². The van der Waals surface area contributed by atoms with E-state index in [4.69, 9.17) is 59.4 Å². The van der Waals surface area contributed by atoms with Crippen LogP contribution in [0.5, 0.6) is 0 Å². The Morgan fingerprint density at radius 2 is 0.663 bits per heavy atom. The summed E-state index contributed by atoms with van der Waals surface area (Å²) < 4.78 is 4.13. The van der Waals surface area contributed by atoms with Crippen LogP contribution in [0.15, 0.2) is 219 Å². The molecule has 470 valence electrons. The van der Waals surface area contributed by atoms with Crippen molar-refractivity contribution >= 4 is 77.7 Å². The molecule has 0 saturated carbocycles. The molecule has 0 aliphatic carbocycles. The van der Waals surface area contributed by atoms with Crippen LogP contribution in [0.25, 0.3) is 174 Å². The van der Waals surface area contributed by atoms with E-state index in [0.29, 0.717) is 134 Å². The van der Waals surface area contributed by atoms with Gasteiger partial charge in [0.2, 0.25) is 0 Å². The maximum absolute atomic E-state index is 10.7. The second kappa shape index (κ2) is 25.9. The molecule has 4 aromatic heterocycles. The number of pyridine rings is 1. The van der Waals surface area contributed by atoms with Crippen molar-refractivity contribution in [3.05, 3.63) is 321 Å². The van der Waals surface area contributed by atoms with E-state index in [1.54, 1.807) is 12.4 Å². The summed E-state index contributed by atoms with van der Waals surface area (Å²) in [5.41, 5.74) is 11.3. The first-order valence-electron chi connectivity index (χ1n) is 31.5. The van der Waals surface area contributed by atoms with E-state index in [0.717, 1.165) is 11.1 Å². The summed E-state index contributed by atoms with van der Waals surface area (Å²) in [6.45, 7) is 48.8. The first-order chi connectivity index (χ1) is 51.0. The summed E-state index contributed by atoms with van der Waals surface area (Å²) in [6, 6.07) is 73.8. The molecule has 0 bridgehead atoms. The molecular formula is C86H36N18. The summed E-state index contributed by atoms with van der Waals surface area (Å²) in [5.74, 6) is 1.14. The third-order valence-electron chi connectivity index (χ3n) is 18.1. The zero-order valence-corrected chi connectivity index (χ0v) is 53.8. The Morgan fingerprint density at radius 3 is 1.10 bits per heavy atom. The molecule has 0 spiro atoms. The smallest absolute Gasteiger partial charge is 0.197 e. The van der Waals surface area contributed by atoms with E-state index >= 15 is 0 Å². The fourth-order valence-corrected chi connectivity index (χ4v) is 13.7. The van der Waals surface area contributed by atoms with E-state index in [-0.39, 0.29) is 67.5 Å². The fraction of sp³-hybridized carbons (Fsp3) is 0. The predicted octanol–water partition coefficient (Wildman–Crippen LogP) is 21.3. The molecule has 0 aliphatic rings. The lowest BCUT2D eigenvalue weighted by atomic mass is 9.93. The van der Waals surface area contributed by atoms with Gasteiger partial charge in [0.1, 0.15) is 0 Å². The lowest BCUT2D eigenvalue weighted by Crippen LogP contribution is -2.04. The van der Waals surface area contributed by atoms with Gasteiger partial charge >= 0.3 is 0 Å². The molecule has 0 saturated heterocycles. The summed E-state index contributed by atoms with van der Waals surface area (Å²) >= 11 is 0. The maximum Gasteiger partial charge on any atom is 0.197 e. The highest BCUT2D eigenvalue weighted by Crippen LogP contribution is 2.49. The zero-order valence-electron chi connectivity index (χ0n) is 53.8. The molecule has 18 heteroatoms. The van der Waals surface area contributed by atoms with Crippen LogP contribution in [-0.2, 0) is 0 Å². The van der Waals surface area contributed by atoms with Gasteiger partial charge in [-0.15, -0.1) is 0 Å². The molecule has 0 N–H and O–H groups in total. The Morgan fingerprint density at radius 1 is 0.298 bits per heavy atom. The van der Waals surface area contributed by atoms with E-state index in [9.17, 15) is 31.6 Å². The number of hydrogen-bond acceptors (Lipinski definition) is 10. The summed E-state index contributed by atoms with van der Waals surface area (Å²) in [4.78, 5) is 42.6. The average Bonchev–Trinajstić information content (AvgIpc) is 1.56. The second-order valence-corrected chi connectivity index (χ2v) is 23.7. The van der Waals surface area contributed by atoms with Gasteiger partial charge in [-0.2, -0.15) is 31.6 Å². The molecule has 0 fully saturated rings. The highest BCUT2D eigenvalue weighted by molar-refractivity contribution is 6.15. The highest BCUT2D eigenvalue weighted by Gasteiger charge is 2.27. The van der Waals surface area contributed by atoms with Crippen molar-refractivity contribution in [2.45, 2.75) is 0 Å². The first kappa shape index (κ1) is 63.1. The topological polar surface area (TPSA) is 230 Å². The van der Waals surface area contributed by atoms with Gasteiger partial charge in [-0.05, 0) is 143 Å². The SMILES string of the molecule is [C-]#[N+]c1cc(C#N)c(-c2ccc3c(c2)c2cc(-c4c(C#N)cc([N+]#[C-])cc4[N+]#[C-])ccc2n3-c2ccc(-c3nc(-c4ccccc4)nc(-c4ccccc4)n3)cc2-c2cnccc2-n2c3ccc(-c4c(C#N)cc(C#N)cc4[N+]#[C-])cc3c3cc(-c4c([N+]#[C-])cc(C#N)cc4[N+]#[C-])ccc32)c(C#N)c1. The Hall–Kier alpha value is -16.9. The van der Waals surface area contributed by atoms with Crippen molar-refractivity contribution in [1.82, 2.24) is 29.1 Å². The van der Waals surface area contributed by atoms with E-state index in [1.807, 2.05) is 158 Å². The van der Waals surface area contributed by atoms with Crippen LogP contribution in [0, 0.1) is 107 Å². The molecule has 0 aliphatic heterocycles. The maximum atomic E-state index is 10.7. The standard InChI is InChI=1S/C86H36N18/c1-93-62-33-59(45-90)80(60(34-62)46-91)53-17-22-74-64(36-53)65-38-55(82-61(47-92)35-63(94-2)41-73(82)98-6)19-23-75(65)103(74)78-26-21-57(86-101-84(51-13-9-7-10-14-51)100-85(102-86)52-15-11-8-12-16-52)40-68(78)69-48-99-28-27-79(69)104-76-24-18-54(81-58(44-89)29-49(42-87)30-70(81)95-3)37-66(76)67-39-56(20-25-77(67)104)83-71(96-4)31-50(43-88)32-72(83)97-5/h7-41,48H. The number of benzene rings is 11. The summed E-state index contributed by atoms with van der Waals surface area (Å²) in [7, 11) is 0. The number of fused-ring (bicyclic) bond motifs is 6. The third kappa shape index (κ3) is 10.5. The Kier molecular flexibility index (Phi) is 15.7. The van der Waals surface area contributed by atoms with Crippen molar-refractivity contribution in [3.63, 3.8) is 0 Å². The van der Waals surface area contributed by atoms with Gasteiger partial charge in [0.15, 0.2) is 51.6 Å². The van der Waals surface area contributed by atoms with Crippen molar-refractivity contribution in [2.24, 2.45) is 0 Å². The number of nitrogens with zero attached hydrogens (tertiary/aromatic N) is 18. The molecular weight excluding hydrogens is 1290 g/mol. The zero-order chi connectivity index (χ0) is 71.9. The lowest BCUT2D eigenvalue weighted by molar-refractivity contribution is 1.07. The molecule has 0 atom stereocenters. The lowest BCUT2D eigenvalue weighted by Gasteiger charge is -2.19. The second-order valence-electron chi connectivity index (χ2n) is 23.7. The number of aromatic nitrogens is 6. The molecule has 11 aromatic carbocycles. The average molecular weight is 1320 g/mol. The van der Waals surface area contributed by atoms with Crippen LogP contribution in [-0.4, -0.2) is 29.1 Å². The van der Waals surface area contributed by atoms with E-state index in [1.165, 1.54) is 48.5 Å². The quantitative estimate of drug-likeness (QED) is 0.118. The van der Waals surface area contributed by atoms with E-state index < -0.39 is 0 Å². The Balaban J connectivity index is 1.06. The molecule has 0 radical (unpaired) electrons. The van der Waals surface area contributed by atoms with Crippen LogP contribution < -0.4 is 0 Å². The molecule has 104 heavy (non-hydrogen) atoms. The van der Waals surface area contributed by atoms with Crippen LogP contribution in [0.4, 0.5) is 34.1 Å². The van der Waals surface area contributed by atoms with Crippen LogP contribution in [0.2, 0.25) is 0 Å². The van der Waals surface area contributed by atoms with Crippen LogP contribution in [0.3, 0.4) is 0 Å². The molecule has 15 rings (SSSR count). The molecule has 18 nitrogen and oxygen atoms in total. The van der Waals surface area contributed by atoms with Crippen molar-refractivity contribution in [1.29, 1.82) is 31.6 Å². The molecule has 15 aromatic rings. The minimum atomic E-state index is 0.0843. The van der Waals surface area contributed by atoms with Gasteiger partial charge in [0.25, 0.3) is 0 Å². The highest BCUT2D eigenvalue weighted by atomic mass is 15.0. The molecule has 4 heterocycles. The van der Waals surface area contributed by atoms with Gasteiger partial charge in [-0.1, -0.05) is 91.0 Å².